The van der Waals surface area contributed by atoms with Gasteiger partial charge in [0.15, 0.2) is 0 Å². The van der Waals surface area contributed by atoms with Crippen LogP contribution in [-0.2, 0) is 14.4 Å². The fourth-order valence-electron chi connectivity index (χ4n) is 2.84. The lowest BCUT2D eigenvalue weighted by molar-refractivity contribution is -0.122. The Morgan fingerprint density at radius 3 is 2.22 bits per heavy atom. The van der Waals surface area contributed by atoms with Gasteiger partial charge >= 0.3 is 0 Å². The molecule has 1 fully saturated rings. The van der Waals surface area contributed by atoms with Gasteiger partial charge in [0, 0.05) is 29.0 Å². The van der Waals surface area contributed by atoms with Crippen LogP contribution >= 0.6 is 11.6 Å². The van der Waals surface area contributed by atoms with Crippen molar-refractivity contribution in [2.24, 2.45) is 11.8 Å². The van der Waals surface area contributed by atoms with E-state index in [2.05, 4.69) is 16.0 Å². The topological polar surface area (TPSA) is 87.3 Å². The molecule has 3 rings (SSSR count). The van der Waals surface area contributed by atoms with E-state index in [1.165, 1.54) is 6.92 Å². The molecule has 0 heterocycles. The molecule has 2 unspecified atom stereocenters. The molecule has 2 aromatic rings. The van der Waals surface area contributed by atoms with Gasteiger partial charge in [0.05, 0.1) is 11.8 Å². The van der Waals surface area contributed by atoms with Crippen molar-refractivity contribution >= 4 is 46.4 Å². The zero-order chi connectivity index (χ0) is 19.6. The van der Waals surface area contributed by atoms with Gasteiger partial charge in [-0.2, -0.15) is 0 Å². The van der Waals surface area contributed by atoms with Gasteiger partial charge in [0.2, 0.25) is 17.7 Å². The van der Waals surface area contributed by atoms with E-state index >= 15 is 0 Å². The third kappa shape index (κ3) is 4.86. The molecule has 0 spiro atoms. The SMILES string of the molecule is CC(=O)Nc1cccc(NC(=O)C2CC2C(=O)Nc2cc(Cl)ccc2C)c1. The Morgan fingerprint density at radius 1 is 0.926 bits per heavy atom. The minimum Gasteiger partial charge on any atom is -0.326 e. The van der Waals surface area contributed by atoms with Gasteiger partial charge in [-0.25, -0.2) is 0 Å². The maximum atomic E-state index is 12.4. The van der Waals surface area contributed by atoms with Gasteiger partial charge in [-0.15, -0.1) is 0 Å². The van der Waals surface area contributed by atoms with Crippen molar-refractivity contribution in [1.29, 1.82) is 0 Å². The van der Waals surface area contributed by atoms with Crippen molar-refractivity contribution in [1.82, 2.24) is 0 Å². The van der Waals surface area contributed by atoms with Crippen LogP contribution in [0.1, 0.15) is 18.9 Å². The first-order valence-corrected chi connectivity index (χ1v) is 8.97. The first-order valence-electron chi connectivity index (χ1n) is 8.59. The molecular weight excluding hydrogens is 366 g/mol. The molecule has 1 aliphatic carbocycles. The first kappa shape index (κ1) is 18.9. The largest absolute Gasteiger partial charge is 0.326 e. The molecule has 1 aliphatic rings. The highest BCUT2D eigenvalue weighted by Gasteiger charge is 2.48. The molecule has 2 atom stereocenters. The Balaban J connectivity index is 1.58. The standard InChI is InChI=1S/C20H20ClN3O3/c1-11-6-7-13(21)8-18(11)24-20(27)17-10-16(17)19(26)23-15-5-3-4-14(9-15)22-12(2)25/h3-9,16-17H,10H2,1-2H3,(H,22,25)(H,23,26)(H,24,27). The lowest BCUT2D eigenvalue weighted by Gasteiger charge is -2.09. The third-order valence-electron chi connectivity index (χ3n) is 4.37. The van der Waals surface area contributed by atoms with Gasteiger partial charge in [-0.3, -0.25) is 14.4 Å². The minimum atomic E-state index is -0.367. The van der Waals surface area contributed by atoms with E-state index in [0.717, 1.165) is 5.56 Å². The van der Waals surface area contributed by atoms with Gasteiger partial charge < -0.3 is 16.0 Å². The summed E-state index contributed by atoms with van der Waals surface area (Å²) >= 11 is 5.97. The monoisotopic (exact) mass is 385 g/mol. The summed E-state index contributed by atoms with van der Waals surface area (Å²) in [5, 5.41) is 8.84. The van der Waals surface area contributed by atoms with Crippen LogP contribution in [0.4, 0.5) is 17.1 Å². The number of amides is 3. The molecule has 1 saturated carbocycles. The van der Waals surface area contributed by atoms with E-state index in [4.69, 9.17) is 11.6 Å². The van der Waals surface area contributed by atoms with Crippen LogP contribution in [0, 0.1) is 18.8 Å². The van der Waals surface area contributed by atoms with Crippen LogP contribution in [0.2, 0.25) is 5.02 Å². The summed E-state index contributed by atoms with van der Waals surface area (Å²) in [5.74, 6) is -1.31. The maximum absolute atomic E-state index is 12.4. The van der Waals surface area contributed by atoms with Crippen LogP contribution in [0.3, 0.4) is 0 Å². The molecule has 2 aromatic carbocycles. The molecule has 0 aromatic heterocycles. The van der Waals surface area contributed by atoms with Crippen LogP contribution < -0.4 is 16.0 Å². The Hall–Kier alpha value is -2.86. The Bertz CT molecular complexity index is 913. The number of hydrogen-bond acceptors (Lipinski definition) is 3. The summed E-state index contributed by atoms with van der Waals surface area (Å²) in [6.45, 7) is 3.30. The number of carbonyl (C=O) groups is 3. The van der Waals surface area contributed by atoms with Crippen molar-refractivity contribution in [3.8, 4) is 0 Å². The summed E-state index contributed by atoms with van der Waals surface area (Å²) in [6, 6.07) is 12.2. The predicted molar refractivity (Wildman–Crippen MR) is 106 cm³/mol. The van der Waals surface area contributed by atoms with E-state index < -0.39 is 0 Å². The van der Waals surface area contributed by atoms with E-state index in [1.54, 1.807) is 36.4 Å². The van der Waals surface area contributed by atoms with Crippen molar-refractivity contribution in [2.75, 3.05) is 16.0 Å². The summed E-state index contributed by atoms with van der Waals surface area (Å²) in [4.78, 5) is 35.9. The van der Waals surface area contributed by atoms with Gasteiger partial charge in [0.1, 0.15) is 0 Å². The Morgan fingerprint density at radius 2 is 1.56 bits per heavy atom. The number of hydrogen-bond donors (Lipinski definition) is 3. The normalized spacial score (nSPS) is 17.7. The van der Waals surface area contributed by atoms with Gasteiger partial charge in [-0.05, 0) is 49.2 Å². The van der Waals surface area contributed by atoms with Crippen LogP contribution in [0.15, 0.2) is 42.5 Å². The highest BCUT2D eigenvalue weighted by Crippen LogP contribution is 2.40. The predicted octanol–water partition coefficient (Wildman–Crippen LogP) is 3.82. The molecular formula is C20H20ClN3O3. The number of carbonyl (C=O) groups excluding carboxylic acids is 3. The molecule has 0 radical (unpaired) electrons. The third-order valence-corrected chi connectivity index (χ3v) is 4.61. The molecule has 3 amide bonds. The Labute approximate surface area is 162 Å². The summed E-state index contributed by atoms with van der Waals surface area (Å²) in [6.07, 6.45) is 0.503. The van der Waals surface area contributed by atoms with Crippen molar-refractivity contribution < 1.29 is 14.4 Å². The summed E-state index contributed by atoms with van der Waals surface area (Å²) in [7, 11) is 0. The fraction of sp³-hybridized carbons (Fsp3) is 0.250. The molecule has 3 N–H and O–H groups in total. The smallest absolute Gasteiger partial charge is 0.228 e. The zero-order valence-corrected chi connectivity index (χ0v) is 15.8. The zero-order valence-electron chi connectivity index (χ0n) is 15.0. The van der Waals surface area contributed by atoms with Crippen LogP contribution in [0.5, 0.6) is 0 Å². The average molecular weight is 386 g/mol. The second-order valence-electron chi connectivity index (χ2n) is 6.65. The lowest BCUT2D eigenvalue weighted by atomic mass is 10.2. The van der Waals surface area contributed by atoms with E-state index in [9.17, 15) is 14.4 Å². The van der Waals surface area contributed by atoms with E-state index in [0.29, 0.717) is 28.5 Å². The Kier molecular flexibility index (Phi) is 5.46. The van der Waals surface area contributed by atoms with Gasteiger partial charge in [-0.1, -0.05) is 23.7 Å². The molecule has 0 saturated heterocycles. The van der Waals surface area contributed by atoms with E-state index in [1.807, 2.05) is 13.0 Å². The molecule has 0 aliphatic heterocycles. The number of rotatable bonds is 5. The number of benzene rings is 2. The summed E-state index contributed by atoms with van der Waals surface area (Å²) < 4.78 is 0. The number of anilines is 3. The van der Waals surface area contributed by atoms with E-state index in [-0.39, 0.29) is 29.6 Å². The first-order chi connectivity index (χ1) is 12.8. The average Bonchev–Trinajstić information content (AvgIpc) is 3.39. The second kappa shape index (κ2) is 7.80. The van der Waals surface area contributed by atoms with Crippen LogP contribution in [-0.4, -0.2) is 17.7 Å². The second-order valence-corrected chi connectivity index (χ2v) is 7.08. The van der Waals surface area contributed by atoms with Crippen molar-refractivity contribution in [3.05, 3.63) is 53.1 Å². The molecule has 0 bridgehead atoms. The fourth-order valence-corrected chi connectivity index (χ4v) is 3.01. The molecule has 140 valence electrons. The van der Waals surface area contributed by atoms with Crippen LogP contribution in [0.25, 0.3) is 0 Å². The quantitative estimate of drug-likeness (QED) is 0.731. The number of nitrogens with one attached hydrogen (secondary N) is 3. The van der Waals surface area contributed by atoms with Crippen molar-refractivity contribution in [2.45, 2.75) is 20.3 Å². The number of halogens is 1. The highest BCUT2D eigenvalue weighted by atomic mass is 35.5. The molecule has 27 heavy (non-hydrogen) atoms. The maximum Gasteiger partial charge on any atom is 0.228 e. The minimum absolute atomic E-state index is 0.186. The van der Waals surface area contributed by atoms with Gasteiger partial charge in [0.25, 0.3) is 0 Å². The highest BCUT2D eigenvalue weighted by molar-refractivity contribution is 6.31. The number of aryl methyl sites for hydroxylation is 1. The summed E-state index contributed by atoms with van der Waals surface area (Å²) in [5.41, 5.74) is 2.73. The van der Waals surface area contributed by atoms with Crippen molar-refractivity contribution in [3.63, 3.8) is 0 Å². The molecule has 6 nitrogen and oxygen atoms in total. The lowest BCUT2D eigenvalue weighted by Crippen LogP contribution is -2.21. The molecule has 7 heteroatoms.